The number of ketones is 1. The van der Waals surface area contributed by atoms with Crippen molar-refractivity contribution in [1.29, 1.82) is 0 Å². The van der Waals surface area contributed by atoms with Crippen LogP contribution in [0.3, 0.4) is 0 Å². The van der Waals surface area contributed by atoms with Gasteiger partial charge in [0.2, 0.25) is 0 Å². The van der Waals surface area contributed by atoms with E-state index in [1.54, 1.807) is 0 Å². The lowest BCUT2D eigenvalue weighted by atomic mass is 9.98. The molecule has 1 nitrogen and oxygen atoms in total. The Morgan fingerprint density at radius 2 is 1.33 bits per heavy atom. The first-order chi connectivity index (χ1) is 8.58. The molecule has 0 heterocycles. The van der Waals surface area contributed by atoms with Gasteiger partial charge in [-0.3, -0.25) is 4.79 Å². The Balaban J connectivity index is 2.26. The van der Waals surface area contributed by atoms with Crippen LogP contribution in [0, 0.1) is 5.82 Å². The second kappa shape index (κ2) is 5.13. The zero-order chi connectivity index (χ0) is 13.1. The minimum atomic E-state index is -0.332. The van der Waals surface area contributed by atoms with Crippen molar-refractivity contribution in [1.82, 2.24) is 0 Å². The highest BCUT2D eigenvalue weighted by molar-refractivity contribution is 6.08. The number of hydrogen-bond donors (Lipinski definition) is 0. The molecule has 0 atom stereocenters. The fourth-order valence-corrected chi connectivity index (χ4v) is 1.79. The van der Waals surface area contributed by atoms with E-state index >= 15 is 0 Å². The molecular weight excluding hydrogens is 227 g/mol. The van der Waals surface area contributed by atoms with Gasteiger partial charge in [0.05, 0.1) is 0 Å². The summed E-state index contributed by atoms with van der Waals surface area (Å²) in [6, 6.07) is 13.2. The van der Waals surface area contributed by atoms with Gasteiger partial charge in [0, 0.05) is 11.1 Å². The fourth-order valence-electron chi connectivity index (χ4n) is 1.79. The van der Waals surface area contributed by atoms with E-state index in [-0.39, 0.29) is 11.6 Å². The van der Waals surface area contributed by atoms with Crippen molar-refractivity contribution in [3.8, 4) is 0 Å². The Labute approximate surface area is 106 Å². The SMILES string of the molecule is CC(C)c1ccc(C(=O)c2ccc(F)cc2)cc1. The van der Waals surface area contributed by atoms with E-state index in [4.69, 9.17) is 0 Å². The van der Waals surface area contributed by atoms with Gasteiger partial charge in [-0.25, -0.2) is 4.39 Å². The van der Waals surface area contributed by atoms with Crippen LogP contribution < -0.4 is 0 Å². The molecule has 0 aliphatic rings. The first kappa shape index (κ1) is 12.5. The van der Waals surface area contributed by atoms with Crippen LogP contribution in [0.15, 0.2) is 48.5 Å². The molecule has 92 valence electrons. The van der Waals surface area contributed by atoms with Gasteiger partial charge >= 0.3 is 0 Å². The largest absolute Gasteiger partial charge is 0.289 e. The minimum absolute atomic E-state index is 0.0784. The van der Waals surface area contributed by atoms with E-state index in [0.717, 1.165) is 0 Å². The van der Waals surface area contributed by atoms with Crippen LogP contribution in [0.2, 0.25) is 0 Å². The molecular formula is C16H15FO. The molecule has 0 amide bonds. The molecule has 0 aliphatic heterocycles. The first-order valence-electron chi connectivity index (χ1n) is 5.98. The third-order valence-corrected chi connectivity index (χ3v) is 2.95. The Kier molecular flexibility index (Phi) is 3.56. The number of halogens is 1. The third-order valence-electron chi connectivity index (χ3n) is 2.95. The van der Waals surface area contributed by atoms with Crippen LogP contribution in [0.4, 0.5) is 4.39 Å². The predicted molar refractivity (Wildman–Crippen MR) is 70.4 cm³/mol. The molecule has 0 aromatic heterocycles. The molecule has 2 aromatic carbocycles. The van der Waals surface area contributed by atoms with Crippen molar-refractivity contribution in [2.75, 3.05) is 0 Å². The average Bonchev–Trinajstić information content (AvgIpc) is 2.39. The monoisotopic (exact) mass is 242 g/mol. The molecule has 0 spiro atoms. The normalized spacial score (nSPS) is 10.7. The predicted octanol–water partition coefficient (Wildman–Crippen LogP) is 4.18. The smallest absolute Gasteiger partial charge is 0.193 e. The molecule has 0 N–H and O–H groups in total. The molecule has 0 fully saturated rings. The summed E-state index contributed by atoms with van der Waals surface area (Å²) in [5.41, 5.74) is 2.34. The molecule has 18 heavy (non-hydrogen) atoms. The minimum Gasteiger partial charge on any atom is -0.289 e. The van der Waals surface area contributed by atoms with Crippen LogP contribution in [-0.2, 0) is 0 Å². The number of carbonyl (C=O) groups excluding carboxylic acids is 1. The highest BCUT2D eigenvalue weighted by atomic mass is 19.1. The molecule has 0 saturated heterocycles. The standard InChI is InChI=1S/C16H15FO/c1-11(2)12-3-5-13(6-4-12)16(18)14-7-9-15(17)10-8-14/h3-11H,1-2H3. The number of benzene rings is 2. The van der Waals surface area contributed by atoms with E-state index in [2.05, 4.69) is 13.8 Å². The van der Waals surface area contributed by atoms with Gasteiger partial charge in [0.15, 0.2) is 5.78 Å². The van der Waals surface area contributed by atoms with Crippen molar-refractivity contribution in [3.63, 3.8) is 0 Å². The summed E-state index contributed by atoms with van der Waals surface area (Å²) >= 11 is 0. The highest BCUT2D eigenvalue weighted by Crippen LogP contribution is 2.17. The van der Waals surface area contributed by atoms with Gasteiger partial charge in [0.1, 0.15) is 5.82 Å². The van der Waals surface area contributed by atoms with Crippen molar-refractivity contribution in [2.24, 2.45) is 0 Å². The van der Waals surface area contributed by atoms with Gasteiger partial charge in [-0.05, 0) is 35.7 Å². The first-order valence-corrected chi connectivity index (χ1v) is 5.98. The fraction of sp³-hybridized carbons (Fsp3) is 0.188. The second-order valence-corrected chi connectivity index (χ2v) is 4.61. The Hall–Kier alpha value is -1.96. The maximum Gasteiger partial charge on any atom is 0.193 e. The summed E-state index contributed by atoms with van der Waals surface area (Å²) < 4.78 is 12.8. The summed E-state index contributed by atoms with van der Waals surface area (Å²) in [4.78, 5) is 12.1. The molecule has 2 heteroatoms. The number of carbonyl (C=O) groups is 1. The van der Waals surface area contributed by atoms with Crippen LogP contribution in [0.5, 0.6) is 0 Å². The Morgan fingerprint density at radius 1 is 0.889 bits per heavy atom. The lowest BCUT2D eigenvalue weighted by molar-refractivity contribution is 0.103. The van der Waals surface area contributed by atoms with E-state index in [1.807, 2.05) is 24.3 Å². The maximum atomic E-state index is 12.8. The van der Waals surface area contributed by atoms with Gasteiger partial charge in [-0.15, -0.1) is 0 Å². The quantitative estimate of drug-likeness (QED) is 0.738. The van der Waals surface area contributed by atoms with E-state index < -0.39 is 0 Å². The van der Waals surface area contributed by atoms with Crippen LogP contribution >= 0.6 is 0 Å². The Morgan fingerprint density at radius 3 is 1.78 bits per heavy atom. The van der Waals surface area contributed by atoms with Gasteiger partial charge in [0.25, 0.3) is 0 Å². The zero-order valence-corrected chi connectivity index (χ0v) is 10.5. The highest BCUT2D eigenvalue weighted by Gasteiger charge is 2.09. The molecule has 0 aliphatic carbocycles. The lowest BCUT2D eigenvalue weighted by Gasteiger charge is -2.06. The van der Waals surface area contributed by atoms with E-state index in [9.17, 15) is 9.18 Å². The Bertz CT molecular complexity index is 538. The summed E-state index contributed by atoms with van der Waals surface area (Å²) in [5.74, 6) is 0.0342. The number of rotatable bonds is 3. The molecule has 2 aromatic rings. The van der Waals surface area contributed by atoms with Crippen molar-refractivity contribution in [3.05, 3.63) is 71.0 Å². The number of hydrogen-bond acceptors (Lipinski definition) is 1. The molecule has 0 saturated carbocycles. The van der Waals surface area contributed by atoms with Crippen LogP contribution in [0.1, 0.15) is 41.3 Å². The molecule has 0 bridgehead atoms. The van der Waals surface area contributed by atoms with Crippen molar-refractivity contribution in [2.45, 2.75) is 19.8 Å². The summed E-state index contributed by atoms with van der Waals surface area (Å²) in [7, 11) is 0. The third kappa shape index (κ3) is 2.65. The molecule has 0 radical (unpaired) electrons. The average molecular weight is 242 g/mol. The van der Waals surface area contributed by atoms with Crippen LogP contribution in [0.25, 0.3) is 0 Å². The summed E-state index contributed by atoms with van der Waals surface area (Å²) in [6.45, 7) is 4.22. The van der Waals surface area contributed by atoms with Crippen molar-refractivity contribution >= 4 is 5.78 Å². The van der Waals surface area contributed by atoms with Crippen LogP contribution in [-0.4, -0.2) is 5.78 Å². The second-order valence-electron chi connectivity index (χ2n) is 4.61. The topological polar surface area (TPSA) is 17.1 Å². The van der Waals surface area contributed by atoms with E-state index in [0.29, 0.717) is 17.0 Å². The van der Waals surface area contributed by atoms with Gasteiger partial charge in [-0.1, -0.05) is 38.1 Å². The summed E-state index contributed by atoms with van der Waals surface area (Å²) in [6.07, 6.45) is 0. The lowest BCUT2D eigenvalue weighted by Crippen LogP contribution is -2.01. The molecule has 2 rings (SSSR count). The van der Waals surface area contributed by atoms with Gasteiger partial charge in [-0.2, -0.15) is 0 Å². The van der Waals surface area contributed by atoms with Crippen molar-refractivity contribution < 1.29 is 9.18 Å². The molecule has 0 unspecified atom stereocenters. The zero-order valence-electron chi connectivity index (χ0n) is 10.5. The van der Waals surface area contributed by atoms with Gasteiger partial charge < -0.3 is 0 Å². The van der Waals surface area contributed by atoms with E-state index in [1.165, 1.54) is 29.8 Å². The maximum absolute atomic E-state index is 12.8. The summed E-state index contributed by atoms with van der Waals surface area (Å²) in [5, 5.41) is 0.